The second-order valence-corrected chi connectivity index (χ2v) is 39.4. The summed E-state index contributed by atoms with van der Waals surface area (Å²) in [5.41, 5.74) is 18.0. The van der Waals surface area contributed by atoms with Crippen LogP contribution in [0.4, 0.5) is 0 Å². The van der Waals surface area contributed by atoms with Crippen molar-refractivity contribution >= 4 is 92.5 Å². The van der Waals surface area contributed by atoms with Gasteiger partial charge in [0.1, 0.15) is 103 Å². The van der Waals surface area contributed by atoms with Gasteiger partial charge in [-0.2, -0.15) is 0 Å². The summed E-state index contributed by atoms with van der Waals surface area (Å²) in [6.45, 7) is 3.23. The predicted octanol–water partition coefficient (Wildman–Crippen LogP) is 0.321. The van der Waals surface area contributed by atoms with Gasteiger partial charge in [0.05, 0.1) is 84.7 Å². The number of aliphatic hydroxyl groups is 7. The molecular formula is C100H157N11O34S2. The predicted molar refractivity (Wildman–Crippen MR) is 535 cm³/mol. The number of esters is 3. The number of nitrogens with two attached hydrogens (primary N) is 3. The van der Waals surface area contributed by atoms with Gasteiger partial charge in [-0.25, -0.2) is 0 Å². The molecule has 0 aromatic heterocycles. The van der Waals surface area contributed by atoms with Gasteiger partial charge in [0.25, 0.3) is 0 Å². The van der Waals surface area contributed by atoms with Crippen LogP contribution in [0.25, 0.3) is 0 Å². The quantitative estimate of drug-likeness (QED) is 0.0119. The maximum atomic E-state index is 14.2. The number of aliphatic hydroxyl groups excluding tert-OH is 7. The van der Waals surface area contributed by atoms with E-state index in [4.69, 9.17) is 88.3 Å². The molecule has 3 aromatic carbocycles. The van der Waals surface area contributed by atoms with Gasteiger partial charge in [-0.1, -0.05) is 76.2 Å². The van der Waals surface area contributed by atoms with E-state index in [2.05, 4.69) is 42.5 Å². The fraction of sp³-hybridized carbons (Fsp3) is 0.700. The number of hydrogen-bond donors (Lipinski definition) is 18. The van der Waals surface area contributed by atoms with Crippen molar-refractivity contribution in [2.45, 2.75) is 278 Å². The molecule has 7 rings (SSSR count). The molecule has 0 radical (unpaired) electrons. The van der Waals surface area contributed by atoms with E-state index in [0.29, 0.717) is 119 Å². The molecule has 3 aromatic rings. The molecule has 828 valence electrons. The van der Waals surface area contributed by atoms with E-state index in [9.17, 15) is 93.3 Å². The van der Waals surface area contributed by atoms with Crippen molar-refractivity contribution < 1.29 is 164 Å². The van der Waals surface area contributed by atoms with Crippen molar-refractivity contribution in [3.8, 4) is 11.5 Å². The number of carbonyl (C=O) groups excluding carboxylic acids is 12. The molecule has 3 aliphatic heterocycles. The molecule has 3 heterocycles. The Morgan fingerprint density at radius 3 is 1.04 bits per heavy atom. The lowest BCUT2D eigenvalue weighted by Gasteiger charge is -2.40. The Kier molecular flexibility index (Phi) is 59.0. The van der Waals surface area contributed by atoms with E-state index in [-0.39, 0.29) is 218 Å². The van der Waals surface area contributed by atoms with E-state index in [0.717, 1.165) is 16.7 Å². The molecule has 18 atom stereocenters. The minimum atomic E-state index is -1.52. The standard InChI is InChI=1S/C100H157N11O34S2/c1-64(112)139-58-76-90(125)93(128)87(101)96(143-76)136-47-14-11-25-79(117)104-40-18-43-107-83(121)37-50-133-61-99(62-134-51-38-84(122)108-44-19-41-105-80(118)26-12-15-48-137-97-88(102)94(129)91(126)77(144-97)59-140-65(2)113,63-135-52-39-85(123)109-45-20-42-106-81(119)27-13-16-49-138-98-89(103)95(130)92(127)78(145-98)60-141-66(3)114)111-86(124)28-10-9-24-82(120)110-46-54-147-146-53-17-23-75(116)74-56-71(115)55-67(74)57-142-100(68-21-7-6-8-22-68,69-29-33-72(131-4)34-30-69)70-31-35-73(132-5)36-32-70/h6-8,21-22,29-36,67,71,74,76-78,87-98,115,125-130H,9-20,23-28,37-63,101-103H2,1-5H3,(H,104,117)(H,105,118)(H,106,119)(H,107,121)(H,108,122)(H,109,123)(H,110,120)(H,111,124)/t67-,71+,74?,76?,77?,78?,87?,88?,89?,90?,91?,92?,93?,94?,95?,96?,97?,98?,99?/m0/s1. The number of ketones is 1. The number of Topliss-reactive ketones (excluding diaryl/α,β-unsaturated/α-hetero) is 1. The van der Waals surface area contributed by atoms with Crippen LogP contribution in [0.5, 0.6) is 11.5 Å². The molecule has 16 unspecified atom stereocenters. The lowest BCUT2D eigenvalue weighted by molar-refractivity contribution is -0.267. The Balaban J connectivity index is 0.888. The second-order valence-electron chi connectivity index (χ2n) is 36.7. The molecular weight excluding hydrogens is 1960 g/mol. The molecule has 1 saturated carbocycles. The molecule has 8 amide bonds. The number of hydrogen-bond acceptors (Lipinski definition) is 39. The fourth-order valence-electron chi connectivity index (χ4n) is 16.6. The fourth-order valence-corrected chi connectivity index (χ4v) is 18.6. The van der Waals surface area contributed by atoms with E-state index < -0.39 is 157 Å². The van der Waals surface area contributed by atoms with Crippen molar-refractivity contribution in [2.24, 2.45) is 29.0 Å². The summed E-state index contributed by atoms with van der Waals surface area (Å²) >= 11 is 0. The third-order valence-electron chi connectivity index (χ3n) is 24.9. The minimum Gasteiger partial charge on any atom is -0.497 e. The van der Waals surface area contributed by atoms with Crippen molar-refractivity contribution in [3.63, 3.8) is 0 Å². The molecule has 1 aliphatic carbocycles. The smallest absolute Gasteiger partial charge is 0.302 e. The summed E-state index contributed by atoms with van der Waals surface area (Å²) < 4.78 is 85.5. The Hall–Kier alpha value is -9.00. The largest absolute Gasteiger partial charge is 0.497 e. The van der Waals surface area contributed by atoms with Crippen molar-refractivity contribution in [1.29, 1.82) is 0 Å². The summed E-state index contributed by atoms with van der Waals surface area (Å²) in [5, 5.41) is 96.2. The molecule has 45 nitrogen and oxygen atoms in total. The summed E-state index contributed by atoms with van der Waals surface area (Å²) in [6, 6.07) is 22.1. The van der Waals surface area contributed by atoms with Gasteiger partial charge in [0.2, 0.25) is 47.3 Å². The number of rotatable bonds is 74. The molecule has 4 aliphatic rings. The van der Waals surface area contributed by atoms with E-state index >= 15 is 0 Å². The van der Waals surface area contributed by atoms with Crippen molar-refractivity contribution in [1.82, 2.24) is 42.5 Å². The van der Waals surface area contributed by atoms with Crippen molar-refractivity contribution in [2.75, 3.05) is 157 Å². The second kappa shape index (κ2) is 69.5. The zero-order chi connectivity index (χ0) is 107. The maximum absolute atomic E-state index is 14.2. The Morgan fingerprint density at radius 2 is 0.687 bits per heavy atom. The third-order valence-corrected chi connectivity index (χ3v) is 27.4. The molecule has 4 fully saturated rings. The van der Waals surface area contributed by atoms with Crippen LogP contribution in [0, 0.1) is 11.8 Å². The maximum Gasteiger partial charge on any atom is 0.302 e. The SMILES string of the molecule is COc1ccc(C(OC[C@@H]2C[C@@H](O)CC2C(=O)CCCSSCCNC(=O)CCCCC(=O)NC(COCCC(=O)NCCCNC(=O)CCCCOC2OC(COC(C)=O)C(O)C(O)C2N)(COCCC(=O)NCCCNC(=O)CCCCOC2OC(COC(C)=O)C(O)C(O)C2N)COCCC(=O)NCCCNC(=O)CCCCOC2OC(COC(C)=O)C(O)C(O)C2N)(c2ccccc2)c2ccc(OC)cc2)cc1. The summed E-state index contributed by atoms with van der Waals surface area (Å²) in [4.78, 5) is 154. The monoisotopic (exact) mass is 2120 g/mol. The van der Waals surface area contributed by atoms with Gasteiger partial charge < -0.3 is 167 Å². The summed E-state index contributed by atoms with van der Waals surface area (Å²) in [5.74, 6) is -2.49. The molecule has 147 heavy (non-hydrogen) atoms. The Morgan fingerprint density at radius 1 is 0.361 bits per heavy atom. The third kappa shape index (κ3) is 46.0. The molecule has 3 saturated heterocycles. The first kappa shape index (κ1) is 125. The Labute approximate surface area is 866 Å². The average molecular weight is 2120 g/mol. The number of methoxy groups -OCH3 is 2. The lowest BCUT2D eigenvalue weighted by atomic mass is 9.79. The zero-order valence-electron chi connectivity index (χ0n) is 84.9. The summed E-state index contributed by atoms with van der Waals surface area (Å²) in [7, 11) is 6.37. The summed E-state index contributed by atoms with van der Waals surface area (Å²) in [6.07, 6.45) is -9.88. The van der Waals surface area contributed by atoms with Crippen LogP contribution < -0.4 is 69.2 Å². The van der Waals surface area contributed by atoms with Gasteiger partial charge in [-0.15, -0.1) is 0 Å². The highest BCUT2D eigenvalue weighted by Gasteiger charge is 2.48. The molecule has 21 N–H and O–H groups in total. The Bertz CT molecular complexity index is 4110. The van der Waals surface area contributed by atoms with Crippen LogP contribution in [-0.4, -0.2) is 368 Å². The van der Waals surface area contributed by atoms with Gasteiger partial charge in [-0.3, -0.25) is 57.5 Å². The first-order valence-electron chi connectivity index (χ1n) is 50.6. The van der Waals surface area contributed by atoms with Gasteiger partial charge in [0, 0.05) is 162 Å². The van der Waals surface area contributed by atoms with E-state index in [1.54, 1.807) is 35.8 Å². The first-order chi connectivity index (χ1) is 70.7. The number of benzene rings is 3. The number of nitrogens with one attached hydrogen (secondary N) is 8. The first-order valence-corrected chi connectivity index (χ1v) is 53.1. The number of ether oxygens (including phenoxy) is 15. The molecule has 47 heteroatoms. The van der Waals surface area contributed by atoms with Crippen LogP contribution in [-0.2, 0) is 125 Å². The van der Waals surface area contributed by atoms with E-state index in [1.807, 2.05) is 78.9 Å². The van der Waals surface area contributed by atoms with E-state index in [1.165, 1.54) is 20.8 Å². The molecule has 0 spiro atoms. The highest BCUT2D eigenvalue weighted by Crippen LogP contribution is 2.45. The minimum absolute atomic E-state index is 0.0695. The number of carbonyl (C=O) groups is 12. The number of unbranched alkanes of at least 4 members (excludes halogenated alkanes) is 4. The zero-order valence-corrected chi connectivity index (χ0v) is 86.6. The van der Waals surface area contributed by atoms with Gasteiger partial charge in [0.15, 0.2) is 18.9 Å². The normalized spacial score (nSPS) is 23.2. The van der Waals surface area contributed by atoms with Crippen LogP contribution in [0.2, 0.25) is 0 Å². The lowest BCUT2D eigenvalue weighted by Crippen LogP contribution is -2.62. The van der Waals surface area contributed by atoms with Crippen LogP contribution in [0.15, 0.2) is 78.9 Å². The van der Waals surface area contributed by atoms with Crippen LogP contribution in [0.1, 0.15) is 185 Å². The highest BCUT2D eigenvalue weighted by atomic mass is 33.1. The van der Waals surface area contributed by atoms with Crippen LogP contribution in [0.3, 0.4) is 0 Å². The van der Waals surface area contributed by atoms with Gasteiger partial charge in [-0.05, 0) is 137 Å². The number of amides is 8. The average Bonchev–Trinajstić information content (AvgIpc) is 1.42. The topological polar surface area (TPSA) is 659 Å². The highest BCUT2D eigenvalue weighted by molar-refractivity contribution is 8.76. The molecule has 0 bridgehead atoms. The van der Waals surface area contributed by atoms with Crippen LogP contribution >= 0.6 is 21.6 Å². The van der Waals surface area contributed by atoms with Crippen molar-refractivity contribution in [3.05, 3.63) is 95.6 Å². The van der Waals surface area contributed by atoms with Gasteiger partial charge >= 0.3 is 17.9 Å².